The van der Waals surface area contributed by atoms with Crippen molar-refractivity contribution in [1.82, 2.24) is 15.1 Å². The predicted octanol–water partition coefficient (Wildman–Crippen LogP) is 5.04. The summed E-state index contributed by atoms with van der Waals surface area (Å²) in [6.07, 6.45) is -9.36. The lowest BCUT2D eigenvalue weighted by molar-refractivity contribution is -0.153. The lowest BCUT2D eigenvalue weighted by Crippen LogP contribution is -2.42. The number of halogens is 6. The molecular weight excluding hydrogens is 608 g/mol. The number of aryl methyl sites for hydroxylation is 1. The molecule has 1 N–H and O–H groups in total. The molecule has 2 aromatic rings. The molecule has 43 heavy (non-hydrogen) atoms. The van der Waals surface area contributed by atoms with Crippen LogP contribution < -0.4 is 15.0 Å². The van der Waals surface area contributed by atoms with Crippen LogP contribution >= 0.6 is 0 Å². The minimum Gasteiger partial charge on any atom is -0.484 e. The van der Waals surface area contributed by atoms with E-state index in [0.717, 1.165) is 25.3 Å². The smallest absolute Gasteiger partial charge is 0.422 e. The first-order chi connectivity index (χ1) is 20.0. The van der Waals surface area contributed by atoms with Crippen LogP contribution in [0.3, 0.4) is 0 Å². The first kappa shape index (κ1) is 30.8. The van der Waals surface area contributed by atoms with Gasteiger partial charge in [-0.1, -0.05) is 0 Å². The van der Waals surface area contributed by atoms with Gasteiger partial charge < -0.3 is 19.7 Å². The van der Waals surface area contributed by atoms with Gasteiger partial charge in [-0.3, -0.25) is 0 Å². The van der Waals surface area contributed by atoms with Gasteiger partial charge in [-0.2, -0.15) is 36.7 Å². The zero-order chi connectivity index (χ0) is 31.4. The summed E-state index contributed by atoms with van der Waals surface area (Å²) in [7, 11) is -4.80. The van der Waals surface area contributed by atoms with Crippen LogP contribution in [0.1, 0.15) is 55.8 Å². The topological polar surface area (TPSA) is 127 Å². The van der Waals surface area contributed by atoms with E-state index in [-0.39, 0.29) is 18.7 Å². The second-order valence-corrected chi connectivity index (χ2v) is 13.2. The number of hydrogen-bond donors (Lipinski definition) is 1. The monoisotopic (exact) mass is 635 g/mol. The number of nitrogens with zero attached hydrogens (tertiary/aromatic N) is 4. The van der Waals surface area contributed by atoms with Gasteiger partial charge in [0.1, 0.15) is 17.1 Å². The maximum absolute atomic E-state index is 14.0. The highest BCUT2D eigenvalue weighted by atomic mass is 32.2. The van der Waals surface area contributed by atoms with Gasteiger partial charge in [0.2, 0.25) is 0 Å². The minimum atomic E-state index is -5.25. The van der Waals surface area contributed by atoms with E-state index >= 15 is 0 Å². The van der Waals surface area contributed by atoms with Crippen molar-refractivity contribution in [3.8, 4) is 11.8 Å². The lowest BCUT2D eigenvalue weighted by atomic mass is 9.93. The van der Waals surface area contributed by atoms with Crippen LogP contribution in [0.4, 0.5) is 37.0 Å². The largest absolute Gasteiger partial charge is 0.484 e. The summed E-state index contributed by atoms with van der Waals surface area (Å²) in [5.41, 5.74) is -2.18. The fraction of sp³-hybridized carbons (Fsp3) is 0.577. The molecule has 1 aliphatic heterocycles. The number of hydrogen-bond acceptors (Lipinski definition) is 8. The molecule has 0 unspecified atom stereocenters. The molecule has 2 heterocycles. The number of carbonyl (C=O) groups is 1. The standard InChI is InChI=1S/C26H27F6N5O5S/c1-15-9-21(37(35-15)16-3-2-4-16)36-12-18(11-22(36)42-23(38)34-24(13-33)7-8-24)43(39,40)20-6-5-17(41-14-25(27,28)29)10-19(20)26(30,31)32/h5-6,9-10,16,18,22H,2-4,7-8,11-12,14H2,1H3,(H,34,38)/t18-,22-/m1/s1. The van der Waals surface area contributed by atoms with E-state index in [1.807, 2.05) is 6.07 Å². The second kappa shape index (κ2) is 10.8. The van der Waals surface area contributed by atoms with Gasteiger partial charge in [0.25, 0.3) is 0 Å². The Morgan fingerprint density at radius 3 is 2.44 bits per heavy atom. The first-order valence-corrected chi connectivity index (χ1v) is 14.9. The quantitative estimate of drug-likeness (QED) is 0.400. The Bertz CT molecular complexity index is 1540. The Kier molecular flexibility index (Phi) is 7.72. The Morgan fingerprint density at radius 1 is 1.19 bits per heavy atom. The Hall–Kier alpha value is -3.68. The summed E-state index contributed by atoms with van der Waals surface area (Å²) in [4.78, 5) is 13.1. The van der Waals surface area contributed by atoms with E-state index in [4.69, 9.17) is 4.74 Å². The lowest BCUT2D eigenvalue weighted by Gasteiger charge is -2.32. The summed E-state index contributed by atoms with van der Waals surface area (Å²) in [6, 6.07) is 5.16. The van der Waals surface area contributed by atoms with E-state index in [0.29, 0.717) is 30.4 Å². The zero-order valence-electron chi connectivity index (χ0n) is 22.7. The van der Waals surface area contributed by atoms with Crippen LogP contribution in [0.25, 0.3) is 0 Å². The molecule has 1 amide bonds. The molecule has 0 spiro atoms. The third-order valence-corrected chi connectivity index (χ3v) is 9.91. The van der Waals surface area contributed by atoms with Crippen LogP contribution in [-0.4, -0.2) is 60.6 Å². The van der Waals surface area contributed by atoms with Crippen molar-refractivity contribution >= 4 is 21.7 Å². The number of aromatic nitrogens is 2. The van der Waals surface area contributed by atoms with Crippen LogP contribution in [0.2, 0.25) is 0 Å². The molecule has 1 aromatic carbocycles. The van der Waals surface area contributed by atoms with E-state index in [9.17, 15) is 44.8 Å². The third kappa shape index (κ3) is 6.48. The van der Waals surface area contributed by atoms with Gasteiger partial charge >= 0.3 is 18.4 Å². The average molecular weight is 636 g/mol. The fourth-order valence-corrected chi connectivity index (χ4v) is 6.98. The first-order valence-electron chi connectivity index (χ1n) is 13.4. The molecule has 3 fully saturated rings. The highest BCUT2D eigenvalue weighted by molar-refractivity contribution is 7.92. The van der Waals surface area contributed by atoms with E-state index in [1.165, 1.54) is 4.90 Å². The molecule has 0 radical (unpaired) electrons. The molecule has 17 heteroatoms. The molecule has 10 nitrogen and oxygen atoms in total. The van der Waals surface area contributed by atoms with Crippen molar-refractivity contribution in [2.75, 3.05) is 18.1 Å². The van der Waals surface area contributed by atoms with Crippen LogP contribution in [-0.2, 0) is 20.8 Å². The zero-order valence-corrected chi connectivity index (χ0v) is 23.5. The Labute approximate surface area is 242 Å². The van der Waals surface area contributed by atoms with Crippen molar-refractivity contribution in [2.45, 2.75) is 85.8 Å². The van der Waals surface area contributed by atoms with Crippen molar-refractivity contribution in [3.63, 3.8) is 0 Å². The van der Waals surface area contributed by atoms with Gasteiger partial charge in [0, 0.05) is 19.0 Å². The van der Waals surface area contributed by atoms with E-state index < -0.39 is 74.5 Å². The molecule has 3 aliphatic rings. The summed E-state index contributed by atoms with van der Waals surface area (Å²) < 4.78 is 119. The molecular formula is C26H27F6N5O5S. The number of rotatable bonds is 8. The van der Waals surface area contributed by atoms with Crippen molar-refractivity contribution < 1.29 is 49.0 Å². The fourth-order valence-electron chi connectivity index (χ4n) is 5.11. The highest BCUT2D eigenvalue weighted by Gasteiger charge is 2.49. The van der Waals surface area contributed by atoms with E-state index in [2.05, 4.69) is 15.2 Å². The summed E-state index contributed by atoms with van der Waals surface area (Å²) in [5, 5.41) is 14.8. The highest BCUT2D eigenvalue weighted by Crippen LogP contribution is 2.42. The average Bonchev–Trinajstić information content (AvgIpc) is 3.36. The number of anilines is 1. The van der Waals surface area contributed by atoms with Gasteiger partial charge in [-0.15, -0.1) is 0 Å². The molecule has 2 saturated carbocycles. The summed E-state index contributed by atoms with van der Waals surface area (Å²) in [6.45, 7) is -0.519. The van der Waals surface area contributed by atoms with Crippen LogP contribution in [0.15, 0.2) is 29.2 Å². The number of carbonyl (C=O) groups excluding carboxylic acids is 1. The molecule has 0 bridgehead atoms. The van der Waals surface area contributed by atoms with Gasteiger partial charge in [0.05, 0.1) is 33.5 Å². The predicted molar refractivity (Wildman–Crippen MR) is 137 cm³/mol. The van der Waals surface area contributed by atoms with Crippen molar-refractivity contribution in [2.24, 2.45) is 0 Å². The summed E-state index contributed by atoms with van der Waals surface area (Å²) in [5.74, 6) is -0.382. The van der Waals surface area contributed by atoms with Gasteiger partial charge in [-0.25, -0.2) is 17.9 Å². The Morgan fingerprint density at radius 2 is 1.88 bits per heavy atom. The molecule has 1 aromatic heterocycles. The molecule has 1 saturated heterocycles. The van der Waals surface area contributed by atoms with E-state index in [1.54, 1.807) is 17.7 Å². The number of alkyl carbamates (subject to hydrolysis) is 1. The Balaban J connectivity index is 1.47. The normalized spacial score (nSPS) is 22.0. The minimum absolute atomic E-state index is 0.00299. The number of alkyl halides is 6. The number of amides is 1. The number of sulfone groups is 1. The second-order valence-electron chi connectivity index (χ2n) is 11.0. The SMILES string of the molecule is Cc1cc(N2C[C@H](S(=O)(=O)c3ccc(OCC(F)(F)F)cc3C(F)(F)F)C[C@H]2OC(=O)NC2(C#N)CC2)n(C2CCC2)n1. The molecule has 234 valence electrons. The van der Waals surface area contributed by atoms with Gasteiger partial charge in [-0.05, 0) is 57.2 Å². The maximum atomic E-state index is 14.0. The van der Waals surface area contributed by atoms with Crippen molar-refractivity contribution in [3.05, 3.63) is 35.5 Å². The summed E-state index contributed by atoms with van der Waals surface area (Å²) >= 11 is 0. The van der Waals surface area contributed by atoms with Crippen LogP contribution in [0, 0.1) is 18.3 Å². The number of ether oxygens (including phenoxy) is 2. The van der Waals surface area contributed by atoms with Crippen LogP contribution in [0.5, 0.6) is 5.75 Å². The van der Waals surface area contributed by atoms with Gasteiger partial charge in [0.15, 0.2) is 22.7 Å². The number of nitrogens with one attached hydrogen (secondary N) is 1. The molecule has 5 rings (SSSR count). The number of benzene rings is 1. The third-order valence-electron chi connectivity index (χ3n) is 7.72. The molecule has 2 atom stereocenters. The van der Waals surface area contributed by atoms with Crippen molar-refractivity contribution in [1.29, 1.82) is 5.26 Å². The molecule has 2 aliphatic carbocycles. The maximum Gasteiger partial charge on any atom is 0.422 e. The number of nitriles is 1.